The van der Waals surface area contributed by atoms with E-state index in [0.717, 1.165) is 22.3 Å². The Bertz CT molecular complexity index is 917. The van der Waals surface area contributed by atoms with E-state index in [2.05, 4.69) is 5.32 Å². The van der Waals surface area contributed by atoms with Crippen molar-refractivity contribution in [2.24, 2.45) is 0 Å². The van der Waals surface area contributed by atoms with Gasteiger partial charge in [0.15, 0.2) is 0 Å². The second kappa shape index (κ2) is 9.14. The van der Waals surface area contributed by atoms with Crippen LogP contribution in [0.4, 0.5) is 5.00 Å². The second-order valence-corrected chi connectivity index (χ2v) is 9.59. The molecule has 1 amide bonds. The Balaban J connectivity index is 2.30. The molecule has 27 heavy (non-hydrogen) atoms. The first kappa shape index (κ1) is 21.1. The van der Waals surface area contributed by atoms with Gasteiger partial charge in [-0.1, -0.05) is 30.3 Å². The van der Waals surface area contributed by atoms with Crippen molar-refractivity contribution in [3.63, 3.8) is 0 Å². The van der Waals surface area contributed by atoms with Gasteiger partial charge in [-0.25, -0.2) is 13.2 Å². The molecule has 0 aliphatic rings. The van der Waals surface area contributed by atoms with Crippen LogP contribution in [0.2, 0.25) is 0 Å². The summed E-state index contributed by atoms with van der Waals surface area (Å²) >= 11 is 1.31. The Morgan fingerprint density at radius 1 is 1.19 bits per heavy atom. The highest BCUT2D eigenvalue weighted by atomic mass is 32.2. The molecule has 8 heteroatoms. The average molecular weight is 410 g/mol. The number of rotatable bonds is 8. The number of aryl methyl sites for hydroxylation is 1. The molecule has 0 aliphatic heterocycles. The molecule has 0 fully saturated rings. The normalized spacial score (nSPS) is 11.2. The van der Waals surface area contributed by atoms with Crippen molar-refractivity contribution in [2.75, 3.05) is 23.9 Å². The van der Waals surface area contributed by atoms with Crippen LogP contribution in [-0.4, -0.2) is 38.9 Å². The maximum atomic E-state index is 12.6. The number of amides is 1. The number of sulfone groups is 1. The first-order valence-corrected chi connectivity index (χ1v) is 11.4. The Morgan fingerprint density at radius 3 is 2.44 bits per heavy atom. The van der Waals surface area contributed by atoms with E-state index >= 15 is 0 Å². The van der Waals surface area contributed by atoms with Crippen molar-refractivity contribution in [1.29, 1.82) is 0 Å². The zero-order chi connectivity index (χ0) is 20.0. The number of hydrogen-bond donors (Lipinski definition) is 1. The van der Waals surface area contributed by atoms with Gasteiger partial charge in [0, 0.05) is 23.1 Å². The molecule has 6 nitrogen and oxygen atoms in total. The Morgan fingerprint density at radius 2 is 1.85 bits per heavy atom. The van der Waals surface area contributed by atoms with Crippen LogP contribution in [0.1, 0.15) is 35.0 Å². The van der Waals surface area contributed by atoms with Crippen LogP contribution in [0.3, 0.4) is 0 Å². The summed E-state index contributed by atoms with van der Waals surface area (Å²) in [6.07, 6.45) is 1.43. The molecule has 0 atom stereocenters. The van der Waals surface area contributed by atoms with E-state index in [1.807, 2.05) is 37.3 Å². The Kier molecular flexibility index (Phi) is 7.15. The highest BCUT2D eigenvalue weighted by Gasteiger charge is 2.25. The largest absolute Gasteiger partial charge is 0.462 e. The van der Waals surface area contributed by atoms with Crippen LogP contribution in [0.25, 0.3) is 11.1 Å². The molecule has 0 aliphatic carbocycles. The van der Waals surface area contributed by atoms with Gasteiger partial charge < -0.3 is 10.1 Å². The third-order valence-electron chi connectivity index (χ3n) is 3.80. The molecule has 2 rings (SSSR count). The molecule has 1 heterocycles. The van der Waals surface area contributed by atoms with Gasteiger partial charge in [0.05, 0.1) is 12.4 Å². The molecular weight excluding hydrogens is 386 g/mol. The third kappa shape index (κ3) is 5.90. The van der Waals surface area contributed by atoms with Crippen LogP contribution in [0.5, 0.6) is 0 Å². The lowest BCUT2D eigenvalue weighted by atomic mass is 10.0. The molecule has 0 saturated carbocycles. The minimum absolute atomic E-state index is 0.0517. The van der Waals surface area contributed by atoms with Crippen molar-refractivity contribution < 1.29 is 22.7 Å². The number of hydrogen-bond acceptors (Lipinski definition) is 6. The van der Waals surface area contributed by atoms with E-state index in [9.17, 15) is 18.0 Å². The minimum Gasteiger partial charge on any atom is -0.462 e. The highest BCUT2D eigenvalue weighted by molar-refractivity contribution is 7.90. The molecule has 0 radical (unpaired) electrons. The molecule has 1 aromatic carbocycles. The maximum absolute atomic E-state index is 12.6. The fourth-order valence-electron chi connectivity index (χ4n) is 2.67. The first-order chi connectivity index (χ1) is 12.7. The zero-order valence-corrected chi connectivity index (χ0v) is 17.2. The number of esters is 1. The van der Waals surface area contributed by atoms with E-state index in [4.69, 9.17) is 4.74 Å². The summed E-state index contributed by atoms with van der Waals surface area (Å²) in [5.41, 5.74) is 1.94. The number of thiophene rings is 1. The summed E-state index contributed by atoms with van der Waals surface area (Å²) in [6, 6.07) is 9.44. The fourth-order valence-corrected chi connectivity index (χ4v) is 4.42. The van der Waals surface area contributed by atoms with E-state index in [0.29, 0.717) is 10.6 Å². The van der Waals surface area contributed by atoms with Gasteiger partial charge in [-0.15, -0.1) is 11.3 Å². The van der Waals surface area contributed by atoms with Gasteiger partial charge >= 0.3 is 5.97 Å². The summed E-state index contributed by atoms with van der Waals surface area (Å²) in [4.78, 5) is 25.7. The topological polar surface area (TPSA) is 89.5 Å². The maximum Gasteiger partial charge on any atom is 0.341 e. The van der Waals surface area contributed by atoms with Crippen LogP contribution < -0.4 is 5.32 Å². The first-order valence-electron chi connectivity index (χ1n) is 8.56. The molecule has 1 N–H and O–H groups in total. The Labute approximate surface area is 163 Å². The standard InChI is InChI=1S/C19H23NO5S2/c1-4-25-19(22)17-16(14-9-6-5-7-10-14)13(2)26-18(17)20-15(21)11-8-12-27(3,23)24/h5-7,9-10H,4,8,11-12H2,1-3H3,(H,20,21). The van der Waals surface area contributed by atoms with E-state index in [-0.39, 0.29) is 31.1 Å². The second-order valence-electron chi connectivity index (χ2n) is 6.11. The van der Waals surface area contributed by atoms with Gasteiger partial charge in [0.1, 0.15) is 20.4 Å². The SMILES string of the molecule is CCOC(=O)c1c(NC(=O)CCCS(C)(=O)=O)sc(C)c1-c1ccccc1. The lowest BCUT2D eigenvalue weighted by molar-refractivity contribution is -0.116. The molecule has 0 saturated heterocycles. The number of carbonyl (C=O) groups is 2. The van der Waals surface area contributed by atoms with Crippen LogP contribution in [0.15, 0.2) is 30.3 Å². The smallest absolute Gasteiger partial charge is 0.341 e. The lowest BCUT2D eigenvalue weighted by Crippen LogP contribution is -2.15. The lowest BCUT2D eigenvalue weighted by Gasteiger charge is -2.09. The molecule has 2 aromatic rings. The molecule has 146 valence electrons. The molecule has 0 bridgehead atoms. The summed E-state index contributed by atoms with van der Waals surface area (Å²) in [7, 11) is -3.11. The molecule has 0 unspecified atom stereocenters. The quantitative estimate of drug-likeness (QED) is 0.672. The van der Waals surface area contributed by atoms with Crippen LogP contribution in [-0.2, 0) is 19.4 Å². The number of nitrogens with one attached hydrogen (secondary N) is 1. The summed E-state index contributed by atoms with van der Waals surface area (Å²) in [6.45, 7) is 3.83. The van der Waals surface area contributed by atoms with Crippen molar-refractivity contribution in [1.82, 2.24) is 0 Å². The van der Waals surface area contributed by atoms with Crippen molar-refractivity contribution in [2.45, 2.75) is 26.7 Å². The predicted octanol–water partition coefficient (Wildman–Crippen LogP) is 3.66. The number of benzene rings is 1. The fraction of sp³-hybridized carbons (Fsp3) is 0.368. The van der Waals surface area contributed by atoms with Gasteiger partial charge in [-0.05, 0) is 25.8 Å². The summed E-state index contributed by atoms with van der Waals surface area (Å²) in [5.74, 6) is -0.874. The van der Waals surface area contributed by atoms with Crippen molar-refractivity contribution in [3.8, 4) is 11.1 Å². The van der Waals surface area contributed by atoms with E-state index in [1.54, 1.807) is 6.92 Å². The van der Waals surface area contributed by atoms with Gasteiger partial charge in [0.2, 0.25) is 5.91 Å². The third-order valence-corrected chi connectivity index (χ3v) is 5.85. The molecule has 0 spiro atoms. The van der Waals surface area contributed by atoms with Gasteiger partial charge in [0.25, 0.3) is 0 Å². The van der Waals surface area contributed by atoms with Crippen LogP contribution in [0, 0.1) is 6.92 Å². The number of anilines is 1. The molecule has 1 aromatic heterocycles. The van der Waals surface area contributed by atoms with Gasteiger partial charge in [-0.2, -0.15) is 0 Å². The van der Waals surface area contributed by atoms with E-state index < -0.39 is 15.8 Å². The predicted molar refractivity (Wildman–Crippen MR) is 108 cm³/mol. The average Bonchev–Trinajstić information content (AvgIpc) is 2.90. The van der Waals surface area contributed by atoms with E-state index in [1.165, 1.54) is 11.3 Å². The summed E-state index contributed by atoms with van der Waals surface area (Å²) < 4.78 is 27.6. The van der Waals surface area contributed by atoms with Crippen molar-refractivity contribution >= 4 is 38.1 Å². The number of ether oxygens (including phenoxy) is 1. The highest BCUT2D eigenvalue weighted by Crippen LogP contribution is 2.40. The molecular formula is C19H23NO5S2. The van der Waals surface area contributed by atoms with Crippen molar-refractivity contribution in [3.05, 3.63) is 40.8 Å². The summed E-state index contributed by atoms with van der Waals surface area (Å²) in [5, 5.41) is 3.18. The number of carbonyl (C=O) groups excluding carboxylic acids is 2. The monoisotopic (exact) mass is 409 g/mol. The zero-order valence-electron chi connectivity index (χ0n) is 15.6. The Hall–Kier alpha value is -2.19. The van der Waals surface area contributed by atoms with Crippen LogP contribution >= 0.6 is 11.3 Å². The van der Waals surface area contributed by atoms with Gasteiger partial charge in [-0.3, -0.25) is 4.79 Å². The minimum atomic E-state index is -3.11.